The highest BCUT2D eigenvalue weighted by atomic mass is 32.2. The van der Waals surface area contributed by atoms with Crippen molar-refractivity contribution in [2.75, 3.05) is 7.11 Å². The van der Waals surface area contributed by atoms with Gasteiger partial charge < -0.3 is 9.30 Å². The van der Waals surface area contributed by atoms with Gasteiger partial charge in [-0.1, -0.05) is 12.1 Å². The summed E-state index contributed by atoms with van der Waals surface area (Å²) in [5.41, 5.74) is 0.924. The molecule has 0 aliphatic carbocycles. The molecule has 0 radical (unpaired) electrons. The molecule has 0 unspecified atom stereocenters. The zero-order valence-electron chi connectivity index (χ0n) is 11.0. The lowest BCUT2D eigenvalue weighted by molar-refractivity contribution is 0.0600. The van der Waals surface area contributed by atoms with Crippen LogP contribution < -0.4 is 0 Å². The number of carbonyl (C=O) groups is 1. The van der Waals surface area contributed by atoms with Crippen LogP contribution in [0.3, 0.4) is 0 Å². The Hall–Kier alpha value is -2.22. The maximum atomic E-state index is 12.1. The van der Waals surface area contributed by atoms with Gasteiger partial charge >= 0.3 is 5.97 Å². The quantitative estimate of drug-likeness (QED) is 0.766. The molecule has 0 bridgehead atoms. The van der Waals surface area contributed by atoms with Crippen LogP contribution in [0, 0.1) is 0 Å². The third-order valence-electron chi connectivity index (χ3n) is 2.68. The maximum absolute atomic E-state index is 12.1. The monoisotopic (exact) mass is 295 g/mol. The van der Waals surface area contributed by atoms with Crippen molar-refractivity contribution in [3.05, 3.63) is 41.7 Å². The normalized spacial score (nSPS) is 11.3. The van der Waals surface area contributed by atoms with Gasteiger partial charge in [-0.2, -0.15) is 0 Å². The summed E-state index contributed by atoms with van der Waals surface area (Å²) in [6.45, 7) is 0. The number of hydrogen-bond donors (Lipinski definition) is 0. The number of hydrogen-bond acceptors (Lipinski definition) is 6. The zero-order valence-corrected chi connectivity index (χ0v) is 11.8. The first-order valence-electron chi connectivity index (χ1n) is 5.68. The molecule has 0 N–H and O–H groups in total. The smallest absolute Gasteiger partial charge is 0.337 e. The van der Waals surface area contributed by atoms with Crippen LogP contribution in [0.25, 0.3) is 0 Å². The van der Waals surface area contributed by atoms with Gasteiger partial charge in [0.1, 0.15) is 6.33 Å². The Morgan fingerprint density at radius 2 is 1.95 bits per heavy atom. The second-order valence-corrected chi connectivity index (χ2v) is 6.06. The topological polar surface area (TPSA) is 91.2 Å². The molecule has 0 fully saturated rings. The number of carbonyl (C=O) groups excluding carboxylic acids is 1. The molecule has 20 heavy (non-hydrogen) atoms. The van der Waals surface area contributed by atoms with Crippen LogP contribution in [0.2, 0.25) is 0 Å². The molecule has 2 rings (SSSR count). The predicted octanol–water partition coefficient (Wildman–Crippen LogP) is 0.576. The Bertz CT molecular complexity index is 719. The van der Waals surface area contributed by atoms with E-state index in [9.17, 15) is 13.2 Å². The SMILES string of the molecule is COC(=O)c1ccc(CS(=O)(=O)c2nncn2C)cc1. The predicted molar refractivity (Wildman–Crippen MR) is 69.7 cm³/mol. The molecule has 106 valence electrons. The molecule has 1 aromatic carbocycles. The third kappa shape index (κ3) is 2.85. The molecule has 8 heteroatoms. The van der Waals surface area contributed by atoms with Crippen molar-refractivity contribution in [2.45, 2.75) is 10.9 Å². The first-order valence-corrected chi connectivity index (χ1v) is 7.33. The lowest BCUT2D eigenvalue weighted by Crippen LogP contribution is -2.11. The number of methoxy groups -OCH3 is 1. The van der Waals surface area contributed by atoms with E-state index in [0.717, 1.165) is 0 Å². The van der Waals surface area contributed by atoms with E-state index in [1.807, 2.05) is 0 Å². The summed E-state index contributed by atoms with van der Waals surface area (Å²) in [6.07, 6.45) is 1.33. The molecular formula is C12H13N3O4S. The molecule has 0 saturated carbocycles. The highest BCUT2D eigenvalue weighted by molar-refractivity contribution is 7.90. The molecule has 1 heterocycles. The first-order chi connectivity index (χ1) is 9.44. The van der Waals surface area contributed by atoms with Gasteiger partial charge in [0.2, 0.25) is 15.0 Å². The summed E-state index contributed by atoms with van der Waals surface area (Å²) in [6, 6.07) is 6.18. The van der Waals surface area contributed by atoms with Gasteiger partial charge in [-0.05, 0) is 17.7 Å². The second kappa shape index (κ2) is 5.41. The first kappa shape index (κ1) is 14.2. The minimum Gasteiger partial charge on any atom is -0.465 e. The van der Waals surface area contributed by atoms with Gasteiger partial charge in [-0.15, -0.1) is 10.2 Å². The Balaban J connectivity index is 2.22. The van der Waals surface area contributed by atoms with Crippen LogP contribution in [0.1, 0.15) is 15.9 Å². The summed E-state index contributed by atoms with van der Waals surface area (Å²) in [4.78, 5) is 11.3. The van der Waals surface area contributed by atoms with Crippen LogP contribution in [-0.2, 0) is 27.4 Å². The van der Waals surface area contributed by atoms with Crippen molar-refractivity contribution < 1.29 is 17.9 Å². The number of ether oxygens (including phenoxy) is 1. The van der Waals surface area contributed by atoms with Gasteiger partial charge in [0, 0.05) is 7.05 Å². The van der Waals surface area contributed by atoms with Crippen molar-refractivity contribution in [2.24, 2.45) is 7.05 Å². The average Bonchev–Trinajstić information content (AvgIpc) is 2.85. The highest BCUT2D eigenvalue weighted by Gasteiger charge is 2.21. The zero-order chi connectivity index (χ0) is 14.8. The van der Waals surface area contributed by atoms with Crippen LogP contribution >= 0.6 is 0 Å². The second-order valence-electron chi connectivity index (χ2n) is 4.17. The van der Waals surface area contributed by atoms with E-state index in [4.69, 9.17) is 0 Å². The van der Waals surface area contributed by atoms with Gasteiger partial charge in [-0.25, -0.2) is 13.2 Å². The number of rotatable bonds is 4. The summed E-state index contributed by atoms with van der Waals surface area (Å²) in [7, 11) is -0.717. The van der Waals surface area contributed by atoms with Crippen molar-refractivity contribution in [3.63, 3.8) is 0 Å². The van der Waals surface area contributed by atoms with E-state index in [1.54, 1.807) is 19.2 Å². The van der Waals surface area contributed by atoms with Crippen molar-refractivity contribution in [1.29, 1.82) is 0 Å². The van der Waals surface area contributed by atoms with E-state index < -0.39 is 15.8 Å². The minimum atomic E-state index is -3.57. The maximum Gasteiger partial charge on any atom is 0.337 e. The number of benzene rings is 1. The van der Waals surface area contributed by atoms with Crippen molar-refractivity contribution >= 4 is 15.8 Å². The van der Waals surface area contributed by atoms with E-state index in [1.165, 1.54) is 30.1 Å². The largest absolute Gasteiger partial charge is 0.465 e. The van der Waals surface area contributed by atoms with E-state index in [0.29, 0.717) is 11.1 Å². The van der Waals surface area contributed by atoms with Gasteiger partial charge in [-0.3, -0.25) is 0 Å². The van der Waals surface area contributed by atoms with E-state index in [2.05, 4.69) is 14.9 Å². The highest BCUT2D eigenvalue weighted by Crippen LogP contribution is 2.14. The Kier molecular flexibility index (Phi) is 3.84. The number of esters is 1. The van der Waals surface area contributed by atoms with Gasteiger partial charge in [0.15, 0.2) is 0 Å². The van der Waals surface area contributed by atoms with Gasteiger partial charge in [0.05, 0.1) is 18.4 Å². The van der Waals surface area contributed by atoms with Crippen LogP contribution in [0.15, 0.2) is 35.7 Å². The standard InChI is InChI=1S/C12H13N3O4S/c1-15-8-13-14-12(15)20(17,18)7-9-3-5-10(6-4-9)11(16)19-2/h3-6,8H,7H2,1-2H3. The minimum absolute atomic E-state index is 0.0884. The summed E-state index contributed by atoms with van der Waals surface area (Å²) in [5.74, 6) is -0.672. The molecule has 0 aliphatic rings. The molecule has 0 aliphatic heterocycles. The molecular weight excluding hydrogens is 282 g/mol. The Morgan fingerprint density at radius 3 is 2.45 bits per heavy atom. The molecule has 2 aromatic rings. The number of aryl methyl sites for hydroxylation is 1. The molecule has 0 atom stereocenters. The molecule has 1 aromatic heterocycles. The van der Waals surface area contributed by atoms with E-state index >= 15 is 0 Å². The lowest BCUT2D eigenvalue weighted by Gasteiger charge is -2.04. The van der Waals surface area contributed by atoms with Crippen LogP contribution in [0.5, 0.6) is 0 Å². The molecule has 0 saturated heterocycles. The summed E-state index contributed by atoms with van der Waals surface area (Å²) < 4.78 is 30.2. The molecule has 7 nitrogen and oxygen atoms in total. The molecule has 0 amide bonds. The van der Waals surface area contributed by atoms with Crippen molar-refractivity contribution in [3.8, 4) is 0 Å². The summed E-state index contributed by atoms with van der Waals surface area (Å²) >= 11 is 0. The fraction of sp³-hybridized carbons (Fsp3) is 0.250. The third-order valence-corrected chi connectivity index (χ3v) is 4.32. The fourth-order valence-electron chi connectivity index (χ4n) is 1.69. The lowest BCUT2D eigenvalue weighted by atomic mass is 10.1. The average molecular weight is 295 g/mol. The number of sulfone groups is 1. The van der Waals surface area contributed by atoms with Crippen LogP contribution in [0.4, 0.5) is 0 Å². The van der Waals surface area contributed by atoms with Crippen molar-refractivity contribution in [1.82, 2.24) is 14.8 Å². The van der Waals surface area contributed by atoms with Crippen LogP contribution in [-0.4, -0.2) is 36.3 Å². The Labute approximate surface area is 116 Å². The number of aromatic nitrogens is 3. The fourth-order valence-corrected chi connectivity index (χ4v) is 3.11. The number of nitrogens with zero attached hydrogens (tertiary/aromatic N) is 3. The summed E-state index contributed by atoms with van der Waals surface area (Å²) in [5, 5.41) is 7.06. The van der Waals surface area contributed by atoms with Gasteiger partial charge in [0.25, 0.3) is 0 Å². The van der Waals surface area contributed by atoms with E-state index in [-0.39, 0.29) is 10.9 Å². The molecule has 0 spiro atoms. The Morgan fingerprint density at radius 1 is 1.30 bits per heavy atom.